The van der Waals surface area contributed by atoms with E-state index in [0.717, 1.165) is 5.33 Å². The normalized spacial score (nSPS) is 11.3. The molecule has 0 radical (unpaired) electrons. The van der Waals surface area contributed by atoms with Gasteiger partial charge in [-0.05, 0) is 0 Å². The smallest absolute Gasteiger partial charge is 0.307 e. The molecule has 0 spiro atoms. The second-order valence-electron chi connectivity index (χ2n) is 7.75. The van der Waals surface area contributed by atoms with Gasteiger partial charge in [0.25, 0.3) is 0 Å². The first-order valence-electron chi connectivity index (χ1n) is 13.8. The Bertz CT molecular complexity index is 492. The van der Waals surface area contributed by atoms with Crippen molar-refractivity contribution in [2.24, 2.45) is 0 Å². The zero-order valence-corrected chi connectivity index (χ0v) is 25.7. The van der Waals surface area contributed by atoms with E-state index in [9.17, 15) is 4.79 Å². The second kappa shape index (κ2) is 36.5. The lowest BCUT2D eigenvalue weighted by Crippen LogP contribution is -2.15. The minimum absolute atomic E-state index is 0.247. The Labute approximate surface area is 247 Å². The number of halogens is 1. The van der Waals surface area contributed by atoms with E-state index in [1.807, 2.05) is 0 Å². The van der Waals surface area contributed by atoms with E-state index < -0.39 is 0 Å². The predicted octanol–water partition coefficient (Wildman–Crippen LogP) is 1.13. The fraction of sp³-hybridized carbons (Fsp3) is 0.962. The van der Waals surface area contributed by atoms with Crippen molar-refractivity contribution < 1.29 is 61.6 Å². The molecule has 0 aromatic rings. The fourth-order valence-corrected chi connectivity index (χ4v) is 2.84. The van der Waals surface area contributed by atoms with Gasteiger partial charge in [0.15, 0.2) is 0 Å². The highest BCUT2D eigenvalue weighted by Crippen LogP contribution is 1.89. The zero-order valence-electron chi connectivity index (χ0n) is 24.2. The van der Waals surface area contributed by atoms with Crippen molar-refractivity contribution >= 4 is 21.9 Å². The molecular weight excluding hydrogens is 600 g/mol. The maximum atomic E-state index is 10.9. The van der Waals surface area contributed by atoms with Crippen LogP contribution in [0.4, 0.5) is 0 Å². The Morgan fingerprint density at radius 2 is 0.575 bits per heavy atom. The van der Waals surface area contributed by atoms with Crippen LogP contribution in [0.2, 0.25) is 0 Å². The highest BCUT2D eigenvalue weighted by atomic mass is 79.9. The van der Waals surface area contributed by atoms with Gasteiger partial charge in [-0.2, -0.15) is 0 Å². The molecule has 0 aromatic carbocycles. The molecule has 0 fully saturated rings. The van der Waals surface area contributed by atoms with Crippen LogP contribution in [0.15, 0.2) is 0 Å². The number of esters is 1. The van der Waals surface area contributed by atoms with Crippen molar-refractivity contribution in [2.45, 2.75) is 6.42 Å². The summed E-state index contributed by atoms with van der Waals surface area (Å²) in [6, 6.07) is 0. The molecule has 0 aromatic heterocycles. The summed E-state index contributed by atoms with van der Waals surface area (Å²) in [6.45, 7) is 11.2. The number of carbonyl (C=O) groups excluding carboxylic acids is 1. The predicted molar refractivity (Wildman–Crippen MR) is 149 cm³/mol. The molecule has 0 rings (SSSR count). The van der Waals surface area contributed by atoms with E-state index in [2.05, 4.69) is 20.7 Å². The first kappa shape index (κ1) is 39.5. The summed E-state index contributed by atoms with van der Waals surface area (Å²) in [5.41, 5.74) is 0. The van der Waals surface area contributed by atoms with Gasteiger partial charge in [-0.1, -0.05) is 15.9 Å². The number of alkyl halides is 1. The van der Waals surface area contributed by atoms with Gasteiger partial charge in [0, 0.05) is 5.33 Å². The Morgan fingerprint density at radius 3 is 0.775 bits per heavy atom. The van der Waals surface area contributed by atoms with Crippen LogP contribution in [0.25, 0.3) is 0 Å². The third-order valence-corrected chi connectivity index (χ3v) is 4.94. The van der Waals surface area contributed by atoms with Crippen LogP contribution in [-0.2, 0) is 61.6 Å². The van der Waals surface area contributed by atoms with Crippen LogP contribution in [0, 0.1) is 0 Å². The molecule has 0 aliphatic rings. The number of hydrogen-bond acceptors (Lipinski definition) is 13. The molecule has 13 nitrogen and oxygen atoms in total. The molecular formula is C26H51BrO13. The van der Waals surface area contributed by atoms with Gasteiger partial charge < -0.3 is 56.8 Å². The SMILES string of the molecule is COC(=O)CCOCCOCCOCCOCCOCCOCCOCCOCCOCCOCCOCCBr. The van der Waals surface area contributed by atoms with Crippen molar-refractivity contribution in [3.63, 3.8) is 0 Å². The van der Waals surface area contributed by atoms with Gasteiger partial charge in [-0.3, -0.25) is 4.79 Å². The highest BCUT2D eigenvalue weighted by molar-refractivity contribution is 9.09. The minimum atomic E-state index is -0.285. The summed E-state index contributed by atoms with van der Waals surface area (Å²) < 4.78 is 63.9. The lowest BCUT2D eigenvalue weighted by Gasteiger charge is -2.09. The maximum Gasteiger partial charge on any atom is 0.307 e. The largest absolute Gasteiger partial charge is 0.469 e. The monoisotopic (exact) mass is 650 g/mol. The highest BCUT2D eigenvalue weighted by Gasteiger charge is 1.99. The quantitative estimate of drug-likeness (QED) is 0.0553. The Hall–Kier alpha value is -0.490. The molecule has 0 heterocycles. The molecule has 14 heteroatoms. The molecule has 0 unspecified atom stereocenters. The molecule has 0 saturated heterocycles. The average Bonchev–Trinajstić information content (AvgIpc) is 2.97. The molecule has 0 aliphatic heterocycles. The lowest BCUT2D eigenvalue weighted by atomic mass is 10.5. The number of rotatable bonds is 35. The minimum Gasteiger partial charge on any atom is -0.469 e. The van der Waals surface area contributed by atoms with Crippen LogP contribution in [0.5, 0.6) is 0 Å². The summed E-state index contributed by atoms with van der Waals surface area (Å²) in [4.78, 5) is 10.9. The third kappa shape index (κ3) is 35.5. The molecule has 0 saturated carbocycles. The van der Waals surface area contributed by atoms with Crippen molar-refractivity contribution in [3.05, 3.63) is 0 Å². The Balaban J connectivity index is 3.04. The fourth-order valence-electron chi connectivity index (χ4n) is 2.61. The topological polar surface area (TPSA) is 128 Å². The van der Waals surface area contributed by atoms with E-state index in [4.69, 9.17) is 52.1 Å². The van der Waals surface area contributed by atoms with Crippen molar-refractivity contribution in [1.82, 2.24) is 0 Å². The molecule has 0 amide bonds. The number of carbonyl (C=O) groups is 1. The summed E-state index contributed by atoms with van der Waals surface area (Å²) >= 11 is 3.30. The summed E-state index contributed by atoms with van der Waals surface area (Å²) in [6.07, 6.45) is 0.247. The molecule has 240 valence electrons. The second-order valence-corrected chi connectivity index (χ2v) is 8.54. The molecule has 40 heavy (non-hydrogen) atoms. The van der Waals surface area contributed by atoms with Gasteiger partial charge >= 0.3 is 5.97 Å². The lowest BCUT2D eigenvalue weighted by molar-refractivity contribution is -0.141. The van der Waals surface area contributed by atoms with Gasteiger partial charge in [0.05, 0.1) is 159 Å². The van der Waals surface area contributed by atoms with Crippen molar-refractivity contribution in [2.75, 3.05) is 158 Å². The van der Waals surface area contributed by atoms with Gasteiger partial charge in [0.1, 0.15) is 0 Å². The number of ether oxygens (including phenoxy) is 12. The molecule has 0 atom stereocenters. The summed E-state index contributed by atoms with van der Waals surface area (Å²) in [7, 11) is 1.35. The van der Waals surface area contributed by atoms with Gasteiger partial charge in [-0.25, -0.2) is 0 Å². The van der Waals surface area contributed by atoms with Gasteiger partial charge in [0.2, 0.25) is 0 Å². The van der Waals surface area contributed by atoms with E-state index in [1.54, 1.807) is 0 Å². The first-order valence-corrected chi connectivity index (χ1v) is 14.9. The third-order valence-electron chi connectivity index (χ3n) is 4.62. The Morgan fingerprint density at radius 1 is 0.375 bits per heavy atom. The molecule has 0 bridgehead atoms. The van der Waals surface area contributed by atoms with E-state index in [1.165, 1.54) is 7.11 Å². The van der Waals surface area contributed by atoms with E-state index >= 15 is 0 Å². The van der Waals surface area contributed by atoms with Crippen molar-refractivity contribution in [3.8, 4) is 0 Å². The van der Waals surface area contributed by atoms with Crippen LogP contribution in [-0.4, -0.2) is 164 Å². The summed E-state index contributed by atoms with van der Waals surface area (Å²) in [5.74, 6) is -0.285. The average molecular weight is 652 g/mol. The van der Waals surface area contributed by atoms with E-state index in [-0.39, 0.29) is 12.4 Å². The first-order chi connectivity index (χ1) is 19.8. The van der Waals surface area contributed by atoms with Crippen LogP contribution < -0.4 is 0 Å². The standard InChI is InChI=1S/C26H51BrO13/c1-29-26(28)2-4-30-6-8-32-10-12-34-14-16-36-18-20-38-22-24-40-25-23-39-21-19-37-17-15-35-13-11-33-9-7-31-5-3-27/h2-25H2,1H3. The number of methoxy groups -OCH3 is 1. The van der Waals surface area contributed by atoms with Crippen LogP contribution in [0.3, 0.4) is 0 Å². The van der Waals surface area contributed by atoms with Gasteiger partial charge in [-0.15, -0.1) is 0 Å². The zero-order chi connectivity index (χ0) is 29.0. The molecule has 0 N–H and O–H groups in total. The van der Waals surface area contributed by atoms with Crippen LogP contribution >= 0.6 is 15.9 Å². The van der Waals surface area contributed by atoms with Crippen molar-refractivity contribution in [1.29, 1.82) is 0 Å². The Kier molecular flexibility index (Phi) is 36.1. The number of hydrogen-bond donors (Lipinski definition) is 0. The maximum absolute atomic E-state index is 10.9. The molecule has 0 aliphatic carbocycles. The van der Waals surface area contributed by atoms with E-state index in [0.29, 0.717) is 145 Å². The van der Waals surface area contributed by atoms with Crippen LogP contribution in [0.1, 0.15) is 6.42 Å². The summed E-state index contributed by atoms with van der Waals surface area (Å²) in [5, 5.41) is 0.835.